The van der Waals surface area contributed by atoms with E-state index >= 15 is 0 Å². The van der Waals surface area contributed by atoms with Crippen molar-refractivity contribution < 1.29 is 4.79 Å². The summed E-state index contributed by atoms with van der Waals surface area (Å²) < 4.78 is 0.110. The Hall–Kier alpha value is -0.220. The Kier molecular flexibility index (Phi) is 5.75. The molecule has 1 heterocycles. The van der Waals surface area contributed by atoms with Crippen LogP contribution < -0.4 is 5.32 Å². The summed E-state index contributed by atoms with van der Waals surface area (Å²) in [5.41, 5.74) is 0. The molecule has 2 unspecified atom stereocenters. The van der Waals surface area contributed by atoms with Crippen molar-refractivity contribution in [2.24, 2.45) is 11.8 Å². The third-order valence-electron chi connectivity index (χ3n) is 3.76. The van der Waals surface area contributed by atoms with E-state index in [-0.39, 0.29) is 22.9 Å². The summed E-state index contributed by atoms with van der Waals surface area (Å²) in [6.07, 6.45) is 3.34. The first kappa shape index (κ1) is 16.8. The highest BCUT2D eigenvalue weighted by molar-refractivity contribution is 7.99. The molecule has 3 nitrogen and oxygen atoms in total. The van der Waals surface area contributed by atoms with Gasteiger partial charge in [-0.15, -0.1) is 0 Å². The molecule has 1 amide bonds. The lowest BCUT2D eigenvalue weighted by Gasteiger charge is -2.33. The topological polar surface area (TPSA) is 32.3 Å². The van der Waals surface area contributed by atoms with Gasteiger partial charge in [-0.25, -0.2) is 0 Å². The maximum Gasteiger partial charge on any atom is 0.241 e. The third kappa shape index (κ3) is 4.38. The highest BCUT2D eigenvalue weighted by Gasteiger charge is 2.42. The van der Waals surface area contributed by atoms with Crippen molar-refractivity contribution in [3.05, 3.63) is 0 Å². The summed E-state index contributed by atoms with van der Waals surface area (Å²) >= 11 is 1.82. The molecule has 1 N–H and O–H groups in total. The van der Waals surface area contributed by atoms with Crippen molar-refractivity contribution in [2.45, 2.75) is 64.9 Å². The zero-order valence-corrected chi connectivity index (χ0v) is 14.3. The number of hydrogen-bond donors (Lipinski definition) is 1. The highest BCUT2D eigenvalue weighted by atomic mass is 32.2. The van der Waals surface area contributed by atoms with Crippen molar-refractivity contribution in [3.8, 4) is 0 Å². The predicted molar refractivity (Wildman–Crippen MR) is 84.3 cm³/mol. The summed E-state index contributed by atoms with van der Waals surface area (Å²) in [5, 5.41) is 3.54. The van der Waals surface area contributed by atoms with Crippen LogP contribution in [-0.2, 0) is 4.79 Å². The number of amides is 1. The maximum absolute atomic E-state index is 12.6. The van der Waals surface area contributed by atoms with E-state index in [1.165, 1.54) is 0 Å². The van der Waals surface area contributed by atoms with Crippen LogP contribution in [-0.4, -0.2) is 40.6 Å². The summed E-state index contributed by atoms with van der Waals surface area (Å²) in [4.78, 5) is 14.7. The molecule has 1 aliphatic rings. The molecule has 0 aromatic rings. The monoisotopic (exact) mass is 286 g/mol. The van der Waals surface area contributed by atoms with Crippen LogP contribution in [0.15, 0.2) is 0 Å². The minimum atomic E-state index is -0.0126. The lowest BCUT2D eigenvalue weighted by atomic mass is 10.0. The van der Waals surface area contributed by atoms with Crippen LogP contribution in [0.25, 0.3) is 0 Å². The molecule has 1 rings (SSSR count). The first-order valence-electron chi connectivity index (χ1n) is 7.29. The van der Waals surface area contributed by atoms with E-state index in [4.69, 9.17) is 0 Å². The smallest absolute Gasteiger partial charge is 0.241 e. The van der Waals surface area contributed by atoms with E-state index in [0.29, 0.717) is 11.8 Å². The minimum absolute atomic E-state index is 0.0126. The Morgan fingerprint density at radius 2 is 1.89 bits per heavy atom. The minimum Gasteiger partial charge on any atom is -0.324 e. The molecule has 1 saturated heterocycles. The number of rotatable bonds is 6. The van der Waals surface area contributed by atoms with E-state index in [9.17, 15) is 4.79 Å². The molecule has 0 aromatic heterocycles. The summed E-state index contributed by atoms with van der Waals surface area (Å²) in [6, 6.07) is -0.0126. The van der Waals surface area contributed by atoms with Gasteiger partial charge < -0.3 is 4.90 Å². The van der Waals surface area contributed by atoms with Gasteiger partial charge in [0.1, 0.15) is 0 Å². The molecule has 0 aliphatic carbocycles. The molecule has 4 heteroatoms. The maximum atomic E-state index is 12.6. The van der Waals surface area contributed by atoms with Crippen LogP contribution >= 0.6 is 11.8 Å². The van der Waals surface area contributed by atoms with Gasteiger partial charge in [-0.1, -0.05) is 27.7 Å². The quantitative estimate of drug-likeness (QED) is 0.815. The Morgan fingerprint density at radius 1 is 1.32 bits per heavy atom. The number of thioether (sulfide) groups is 1. The number of hydrogen-bond acceptors (Lipinski definition) is 3. The molecular weight excluding hydrogens is 256 g/mol. The van der Waals surface area contributed by atoms with Crippen molar-refractivity contribution in [1.82, 2.24) is 10.2 Å². The normalized spacial score (nSPS) is 24.9. The van der Waals surface area contributed by atoms with Crippen LogP contribution in [0.5, 0.6) is 0 Å². The fourth-order valence-corrected chi connectivity index (χ4v) is 2.75. The van der Waals surface area contributed by atoms with Crippen LogP contribution in [0.4, 0.5) is 0 Å². The second-order valence-electron chi connectivity index (χ2n) is 6.96. The molecule has 0 saturated carbocycles. The Labute approximate surface area is 122 Å². The SMILES string of the molecule is CSC(C)(C)CN1C(=O)C(C(C)C)NC1CC(C)C. The van der Waals surface area contributed by atoms with Gasteiger partial charge in [-0.2, -0.15) is 11.8 Å². The van der Waals surface area contributed by atoms with Gasteiger partial charge >= 0.3 is 0 Å². The Morgan fingerprint density at radius 3 is 2.32 bits per heavy atom. The van der Waals surface area contributed by atoms with Gasteiger partial charge in [0.05, 0.1) is 12.2 Å². The van der Waals surface area contributed by atoms with Crippen molar-refractivity contribution in [1.29, 1.82) is 0 Å². The molecule has 19 heavy (non-hydrogen) atoms. The first-order chi connectivity index (χ1) is 8.68. The fraction of sp³-hybridized carbons (Fsp3) is 0.933. The zero-order valence-electron chi connectivity index (χ0n) is 13.5. The average molecular weight is 286 g/mol. The summed E-state index contributed by atoms with van der Waals surface area (Å²) in [7, 11) is 0. The standard InChI is InChI=1S/C15H30N2OS/c1-10(2)8-12-16-13(11(3)4)14(18)17(12)9-15(5,6)19-7/h10-13,16H,8-9H2,1-7H3. The molecular formula is C15H30N2OS. The van der Waals surface area contributed by atoms with Crippen molar-refractivity contribution in [2.75, 3.05) is 12.8 Å². The van der Waals surface area contributed by atoms with Crippen molar-refractivity contribution >= 4 is 17.7 Å². The van der Waals surface area contributed by atoms with Gasteiger partial charge in [0.25, 0.3) is 0 Å². The number of nitrogens with one attached hydrogen (secondary N) is 1. The predicted octanol–water partition coefficient (Wildman–Crippen LogP) is 2.96. The summed E-state index contributed by atoms with van der Waals surface area (Å²) in [5.74, 6) is 1.23. The van der Waals surface area contributed by atoms with E-state index in [1.807, 2.05) is 11.8 Å². The third-order valence-corrected chi connectivity index (χ3v) is 5.00. The highest BCUT2D eigenvalue weighted by Crippen LogP contribution is 2.28. The van der Waals surface area contributed by atoms with Crippen LogP contribution in [0.3, 0.4) is 0 Å². The van der Waals surface area contributed by atoms with Crippen molar-refractivity contribution in [3.63, 3.8) is 0 Å². The van der Waals surface area contributed by atoms with Gasteiger partial charge in [-0.05, 0) is 38.4 Å². The molecule has 1 fully saturated rings. The van der Waals surface area contributed by atoms with Gasteiger partial charge in [0.15, 0.2) is 0 Å². The van der Waals surface area contributed by atoms with E-state index < -0.39 is 0 Å². The largest absolute Gasteiger partial charge is 0.324 e. The second-order valence-corrected chi connectivity index (χ2v) is 8.48. The Bertz CT molecular complexity index is 315. The molecule has 112 valence electrons. The second kappa shape index (κ2) is 6.49. The number of carbonyl (C=O) groups excluding carboxylic acids is 1. The average Bonchev–Trinajstić information content (AvgIpc) is 2.57. The zero-order chi connectivity index (χ0) is 14.8. The molecule has 2 atom stereocenters. The fourth-order valence-electron chi connectivity index (χ4n) is 2.48. The number of carbonyl (C=O) groups is 1. The Balaban J connectivity index is 2.85. The van der Waals surface area contributed by atoms with Gasteiger partial charge in [0.2, 0.25) is 5.91 Å². The van der Waals surface area contributed by atoms with E-state index in [0.717, 1.165) is 13.0 Å². The molecule has 0 spiro atoms. The first-order valence-corrected chi connectivity index (χ1v) is 8.52. The van der Waals surface area contributed by atoms with Gasteiger partial charge in [-0.3, -0.25) is 10.1 Å². The molecule has 0 aromatic carbocycles. The lowest BCUT2D eigenvalue weighted by Crippen LogP contribution is -2.44. The van der Waals surface area contributed by atoms with Crippen LogP contribution in [0.1, 0.15) is 48.0 Å². The number of nitrogens with zero attached hydrogens (tertiary/aromatic N) is 1. The molecule has 0 bridgehead atoms. The van der Waals surface area contributed by atoms with Gasteiger partial charge in [0, 0.05) is 11.3 Å². The van der Waals surface area contributed by atoms with Crippen LogP contribution in [0.2, 0.25) is 0 Å². The summed E-state index contributed by atoms with van der Waals surface area (Å²) in [6.45, 7) is 13.9. The molecule has 0 radical (unpaired) electrons. The van der Waals surface area contributed by atoms with E-state index in [1.54, 1.807) is 0 Å². The lowest BCUT2D eigenvalue weighted by molar-refractivity contribution is -0.131. The van der Waals surface area contributed by atoms with E-state index in [2.05, 4.69) is 58.0 Å². The molecule has 1 aliphatic heterocycles. The van der Waals surface area contributed by atoms with Crippen LogP contribution in [0, 0.1) is 11.8 Å².